The molecule has 2 unspecified atom stereocenters. The molecule has 6 heteroatoms. The van der Waals surface area contributed by atoms with E-state index < -0.39 is 6.04 Å². The van der Waals surface area contributed by atoms with Crippen LogP contribution >= 0.6 is 11.3 Å². The minimum absolute atomic E-state index is 0.128. The van der Waals surface area contributed by atoms with E-state index in [-0.39, 0.29) is 12.1 Å². The molecule has 5 nitrogen and oxygen atoms in total. The number of hydrogen-bond donors (Lipinski definition) is 1. The first-order chi connectivity index (χ1) is 17.2. The van der Waals surface area contributed by atoms with Gasteiger partial charge in [0.15, 0.2) is 0 Å². The molecule has 0 amide bonds. The summed E-state index contributed by atoms with van der Waals surface area (Å²) in [7, 11) is 0. The van der Waals surface area contributed by atoms with Gasteiger partial charge in [0.05, 0.1) is 18.1 Å². The van der Waals surface area contributed by atoms with Crippen LogP contribution in [0.15, 0.2) is 97.3 Å². The highest BCUT2D eigenvalue weighted by molar-refractivity contribution is 7.15. The number of nitrogens with two attached hydrogens (primary N) is 1. The third-order valence-electron chi connectivity index (χ3n) is 6.72. The van der Waals surface area contributed by atoms with Gasteiger partial charge in [0.25, 0.3) is 0 Å². The molecule has 4 aromatic rings. The van der Waals surface area contributed by atoms with E-state index in [0.717, 1.165) is 47.8 Å². The maximum atomic E-state index is 11.8. The summed E-state index contributed by atoms with van der Waals surface area (Å²) < 4.78 is 0. The second-order valence-corrected chi connectivity index (χ2v) is 10.0. The molecule has 1 aliphatic heterocycles. The van der Waals surface area contributed by atoms with Crippen molar-refractivity contribution < 1.29 is 4.79 Å². The zero-order chi connectivity index (χ0) is 24.0. The summed E-state index contributed by atoms with van der Waals surface area (Å²) in [6.45, 7) is 3.50. The van der Waals surface area contributed by atoms with Gasteiger partial charge in [0.2, 0.25) is 0 Å². The molecular weight excluding hydrogens is 452 g/mol. The van der Waals surface area contributed by atoms with Gasteiger partial charge in [-0.05, 0) is 29.3 Å². The van der Waals surface area contributed by atoms with E-state index in [1.54, 1.807) is 17.5 Å². The number of pyridine rings is 1. The average Bonchev–Trinajstić information content (AvgIpc) is 3.41. The van der Waals surface area contributed by atoms with Crippen LogP contribution in [0.4, 0.5) is 0 Å². The number of hydrogen-bond acceptors (Lipinski definition) is 6. The third kappa shape index (κ3) is 5.26. The van der Waals surface area contributed by atoms with Crippen LogP contribution in [0.1, 0.15) is 28.1 Å². The summed E-state index contributed by atoms with van der Waals surface area (Å²) in [5, 5.41) is 0. The Morgan fingerprint density at radius 3 is 2.00 bits per heavy atom. The number of nitrogens with zero attached hydrogens (tertiary/aromatic N) is 3. The molecule has 2 aromatic heterocycles. The van der Waals surface area contributed by atoms with Crippen molar-refractivity contribution in [3.63, 3.8) is 0 Å². The van der Waals surface area contributed by atoms with Crippen LogP contribution in [0.2, 0.25) is 0 Å². The lowest BCUT2D eigenvalue weighted by Gasteiger charge is -2.43. The van der Waals surface area contributed by atoms with Gasteiger partial charge in [0, 0.05) is 53.9 Å². The zero-order valence-corrected chi connectivity index (χ0v) is 20.4. The molecule has 2 atom stereocenters. The Labute approximate surface area is 210 Å². The molecule has 35 heavy (non-hydrogen) atoms. The van der Waals surface area contributed by atoms with E-state index in [0.29, 0.717) is 0 Å². The molecule has 1 saturated heterocycles. The van der Waals surface area contributed by atoms with Gasteiger partial charge in [-0.15, -0.1) is 11.3 Å². The number of benzene rings is 2. The first-order valence-electron chi connectivity index (χ1n) is 12.0. The highest BCUT2D eigenvalue weighted by atomic mass is 32.1. The maximum absolute atomic E-state index is 11.8. The number of carbonyl (C=O) groups excluding carboxylic acids is 1. The molecular formula is C29H30N4OS. The Balaban J connectivity index is 1.36. The Bertz CT molecular complexity index is 1170. The molecule has 0 saturated carbocycles. The predicted molar refractivity (Wildman–Crippen MR) is 142 cm³/mol. The lowest BCUT2D eigenvalue weighted by Crippen LogP contribution is -2.52. The summed E-state index contributed by atoms with van der Waals surface area (Å²) in [5.74, 6) is 0. The quantitative estimate of drug-likeness (QED) is 0.366. The molecule has 2 N–H and O–H groups in total. The first-order valence-corrected chi connectivity index (χ1v) is 12.9. The lowest BCUT2D eigenvalue weighted by atomic mass is 9.96. The van der Waals surface area contributed by atoms with Crippen LogP contribution in [0, 0.1) is 0 Å². The minimum atomic E-state index is -0.569. The number of piperazine rings is 1. The summed E-state index contributed by atoms with van der Waals surface area (Å²) in [5.41, 5.74) is 10.1. The topological polar surface area (TPSA) is 62.5 Å². The van der Waals surface area contributed by atoms with E-state index in [1.165, 1.54) is 11.1 Å². The minimum Gasteiger partial charge on any atom is -0.320 e. The van der Waals surface area contributed by atoms with Gasteiger partial charge in [-0.25, -0.2) is 0 Å². The molecule has 5 rings (SSSR count). The molecule has 0 spiro atoms. The van der Waals surface area contributed by atoms with Gasteiger partial charge in [-0.2, -0.15) is 0 Å². The summed E-state index contributed by atoms with van der Waals surface area (Å²) in [6.07, 6.45) is 4.54. The van der Waals surface area contributed by atoms with E-state index in [9.17, 15) is 4.79 Å². The summed E-state index contributed by atoms with van der Waals surface area (Å²) in [6, 6.07) is 29.1. The average molecular weight is 483 g/mol. The fourth-order valence-electron chi connectivity index (χ4n) is 5.02. The van der Waals surface area contributed by atoms with Crippen LogP contribution in [0.5, 0.6) is 0 Å². The number of aromatic nitrogens is 1. The van der Waals surface area contributed by atoms with Crippen molar-refractivity contribution in [1.29, 1.82) is 0 Å². The number of carbonyl (C=O) groups is 1. The Morgan fingerprint density at radius 2 is 1.43 bits per heavy atom. The van der Waals surface area contributed by atoms with Gasteiger partial charge < -0.3 is 10.5 Å². The van der Waals surface area contributed by atoms with Crippen molar-refractivity contribution in [2.75, 3.05) is 26.2 Å². The van der Waals surface area contributed by atoms with Crippen LogP contribution < -0.4 is 5.73 Å². The summed E-state index contributed by atoms with van der Waals surface area (Å²) in [4.78, 5) is 23.2. The molecule has 0 bridgehead atoms. The van der Waals surface area contributed by atoms with Crippen molar-refractivity contribution in [2.24, 2.45) is 5.73 Å². The molecule has 178 valence electrons. The molecule has 0 radical (unpaired) electrons. The third-order valence-corrected chi connectivity index (χ3v) is 7.93. The van der Waals surface area contributed by atoms with Crippen molar-refractivity contribution in [3.05, 3.63) is 113 Å². The molecule has 3 heterocycles. The standard InChI is InChI=1S/C29H30N4OS/c30-25(21-34)29(27-14-13-26(35-27)24-12-7-15-31-20-24)33-18-16-32(17-19-33)28(22-8-3-1-4-9-22)23-10-5-2-6-11-23/h1-15,20-21,25,28-29H,16-19,30H2. The van der Waals surface area contributed by atoms with Crippen molar-refractivity contribution in [1.82, 2.24) is 14.8 Å². The molecule has 1 aliphatic rings. The van der Waals surface area contributed by atoms with Crippen LogP contribution in [0.25, 0.3) is 10.4 Å². The predicted octanol–water partition coefficient (Wildman–Crippen LogP) is 4.78. The highest BCUT2D eigenvalue weighted by Crippen LogP contribution is 2.36. The van der Waals surface area contributed by atoms with Crippen LogP contribution in [-0.2, 0) is 4.79 Å². The van der Waals surface area contributed by atoms with Gasteiger partial charge in [0.1, 0.15) is 6.29 Å². The fraction of sp³-hybridized carbons (Fsp3) is 0.241. The second kappa shape index (κ2) is 11.1. The van der Waals surface area contributed by atoms with E-state index >= 15 is 0 Å². The van der Waals surface area contributed by atoms with Gasteiger partial charge >= 0.3 is 0 Å². The Kier molecular flexibility index (Phi) is 7.45. The smallest absolute Gasteiger partial charge is 0.138 e. The number of thiophene rings is 1. The molecule has 2 aromatic carbocycles. The van der Waals surface area contributed by atoms with Crippen molar-refractivity contribution in [3.8, 4) is 10.4 Å². The monoisotopic (exact) mass is 482 g/mol. The Morgan fingerprint density at radius 1 is 0.800 bits per heavy atom. The largest absolute Gasteiger partial charge is 0.320 e. The lowest BCUT2D eigenvalue weighted by molar-refractivity contribution is -0.110. The highest BCUT2D eigenvalue weighted by Gasteiger charge is 2.33. The van der Waals surface area contributed by atoms with Crippen molar-refractivity contribution >= 4 is 17.6 Å². The first kappa shape index (κ1) is 23.6. The van der Waals surface area contributed by atoms with Crippen LogP contribution in [-0.4, -0.2) is 53.3 Å². The number of aldehydes is 1. The summed E-state index contributed by atoms with van der Waals surface area (Å²) >= 11 is 1.70. The second-order valence-electron chi connectivity index (χ2n) is 8.90. The van der Waals surface area contributed by atoms with E-state index in [1.807, 2.05) is 12.3 Å². The zero-order valence-electron chi connectivity index (χ0n) is 19.6. The van der Waals surface area contributed by atoms with Gasteiger partial charge in [-0.1, -0.05) is 66.7 Å². The van der Waals surface area contributed by atoms with E-state index in [2.05, 4.69) is 93.6 Å². The van der Waals surface area contributed by atoms with Crippen LogP contribution in [0.3, 0.4) is 0 Å². The normalized spacial score (nSPS) is 16.7. The molecule has 0 aliphatic carbocycles. The Hall–Kier alpha value is -3.16. The fourth-order valence-corrected chi connectivity index (χ4v) is 6.21. The van der Waals surface area contributed by atoms with Gasteiger partial charge in [-0.3, -0.25) is 14.8 Å². The maximum Gasteiger partial charge on any atom is 0.138 e. The SMILES string of the molecule is NC(C=O)C(c1ccc(-c2cccnc2)s1)N1CCN(C(c2ccccc2)c2ccccc2)CC1. The molecule has 1 fully saturated rings. The van der Waals surface area contributed by atoms with Crippen molar-refractivity contribution in [2.45, 2.75) is 18.1 Å². The number of rotatable bonds is 8. The van der Waals surface area contributed by atoms with E-state index in [4.69, 9.17) is 5.73 Å².